The van der Waals surface area contributed by atoms with Crippen molar-refractivity contribution in [3.05, 3.63) is 59.7 Å². The van der Waals surface area contributed by atoms with Gasteiger partial charge in [0, 0.05) is 12.8 Å². The molecule has 0 aliphatic heterocycles. The van der Waals surface area contributed by atoms with Crippen molar-refractivity contribution in [1.82, 2.24) is 0 Å². The largest absolute Gasteiger partial charge is 0.460 e. The van der Waals surface area contributed by atoms with E-state index in [9.17, 15) is 18.0 Å². The molecule has 17 heteroatoms. The quantitative estimate of drug-likeness (QED) is 0.0771. The molecule has 2 rings (SSSR count). The highest BCUT2D eigenvalue weighted by atomic mass is 19.4. The third-order valence-electron chi connectivity index (χ3n) is 6.86. The maximum atomic E-state index is 13.0. The highest BCUT2D eigenvalue weighted by Gasteiger charge is 2.30. The Kier molecular flexibility index (Phi) is 28.3. The third-order valence-corrected chi connectivity index (χ3v) is 6.86. The fraction of sp³-hybridized carbons (Fsp3) is 0.649. The number of ether oxygens (including phenoxy) is 12. The molecule has 54 heavy (non-hydrogen) atoms. The van der Waals surface area contributed by atoms with E-state index in [-0.39, 0.29) is 24.5 Å². The summed E-state index contributed by atoms with van der Waals surface area (Å²) in [4.78, 5) is 12.6. The number of hydrogen-bond acceptors (Lipinski definition) is 14. The average molecular weight is 780 g/mol. The molecule has 14 nitrogen and oxygen atoms in total. The molecular weight excluding hydrogens is 723 g/mol. The van der Waals surface area contributed by atoms with Gasteiger partial charge in [0.25, 0.3) is 0 Å². The smallest absolute Gasteiger partial charge is 0.416 e. The van der Waals surface area contributed by atoms with Crippen molar-refractivity contribution in [3.63, 3.8) is 0 Å². The molecule has 0 fully saturated rings. The number of carbonyl (C=O) groups excluding carboxylic acids is 1. The van der Waals surface area contributed by atoms with Crippen molar-refractivity contribution in [2.24, 2.45) is 0 Å². The number of nitrogens with one attached hydrogen (secondary N) is 1. The van der Waals surface area contributed by atoms with Gasteiger partial charge in [-0.1, -0.05) is 18.2 Å². The number of alkyl halides is 3. The van der Waals surface area contributed by atoms with Crippen molar-refractivity contribution >= 4 is 17.3 Å². The first-order valence-corrected chi connectivity index (χ1v) is 17.9. The molecule has 0 unspecified atom stereocenters. The normalized spacial score (nSPS) is 11.6. The van der Waals surface area contributed by atoms with Crippen LogP contribution in [0.15, 0.2) is 48.5 Å². The van der Waals surface area contributed by atoms with Crippen LogP contribution < -0.4 is 5.32 Å². The van der Waals surface area contributed by atoms with E-state index in [0.29, 0.717) is 138 Å². The van der Waals surface area contributed by atoms with E-state index in [4.69, 9.17) is 56.8 Å². The fourth-order valence-electron chi connectivity index (χ4n) is 4.19. The van der Waals surface area contributed by atoms with Crippen LogP contribution >= 0.6 is 0 Å². The Labute approximate surface area is 315 Å². The molecule has 0 amide bonds. The lowest BCUT2D eigenvalue weighted by Crippen LogP contribution is -2.16. The molecule has 0 saturated carbocycles. The van der Waals surface area contributed by atoms with Gasteiger partial charge >= 0.3 is 12.1 Å². The summed E-state index contributed by atoms with van der Waals surface area (Å²) in [6, 6.07) is 11.1. The number of benzene rings is 2. The summed E-state index contributed by atoms with van der Waals surface area (Å²) in [7, 11) is 1.63. The van der Waals surface area contributed by atoms with Crippen molar-refractivity contribution in [2.45, 2.75) is 6.18 Å². The van der Waals surface area contributed by atoms with Gasteiger partial charge in [-0.3, -0.25) is 0 Å². The predicted octanol–water partition coefficient (Wildman–Crippen LogP) is 4.42. The molecule has 0 bridgehead atoms. The monoisotopic (exact) mass is 779 g/mol. The topological polar surface area (TPSA) is 140 Å². The first-order chi connectivity index (χ1) is 26.4. The van der Waals surface area contributed by atoms with Gasteiger partial charge in [-0.2, -0.15) is 13.2 Å². The molecule has 0 radical (unpaired) electrons. The SMILES string of the molecule is COCCOCCOCCOCCOCCOCCOCCOCCOCCOCCOCCOC(=O)c1ccccc1Nc1cccc(C(F)(F)F)c1. The van der Waals surface area contributed by atoms with E-state index in [1.165, 1.54) is 18.2 Å². The van der Waals surface area contributed by atoms with E-state index in [1.54, 1.807) is 25.3 Å². The Balaban J connectivity index is 1.29. The standard InChI is InChI=1S/C37H56F3NO13/c1-43-9-10-44-11-12-45-13-14-46-15-16-47-17-18-48-19-20-49-21-22-50-23-24-51-25-26-52-27-28-53-29-30-54-36(42)34-7-2-3-8-35(34)41-33-6-4-5-32(31-33)37(38,39)40/h2-8,31,41H,9-30H2,1H3. The minimum atomic E-state index is -4.48. The molecule has 0 atom stereocenters. The van der Waals surface area contributed by atoms with Crippen molar-refractivity contribution in [1.29, 1.82) is 0 Å². The number of hydrogen-bond donors (Lipinski definition) is 1. The summed E-state index contributed by atoms with van der Waals surface area (Å²) in [6.45, 7) is 9.47. The summed E-state index contributed by atoms with van der Waals surface area (Å²) in [5.41, 5.74) is -0.0935. The highest BCUT2D eigenvalue weighted by Crippen LogP contribution is 2.32. The zero-order valence-electron chi connectivity index (χ0n) is 31.1. The first kappa shape index (κ1) is 47.2. The zero-order valence-corrected chi connectivity index (χ0v) is 31.1. The number of esters is 1. The van der Waals surface area contributed by atoms with Crippen LogP contribution in [-0.4, -0.2) is 158 Å². The molecule has 0 spiro atoms. The Morgan fingerprint density at radius 2 is 0.870 bits per heavy atom. The van der Waals surface area contributed by atoms with Gasteiger partial charge in [0.05, 0.1) is 156 Å². The third kappa shape index (κ3) is 25.2. The number of para-hydroxylation sites is 1. The van der Waals surface area contributed by atoms with Gasteiger partial charge in [-0.05, 0) is 30.3 Å². The summed E-state index contributed by atoms with van der Waals surface area (Å²) in [5.74, 6) is -0.629. The van der Waals surface area contributed by atoms with Crippen LogP contribution in [0.2, 0.25) is 0 Å². The molecule has 0 saturated heterocycles. The van der Waals surface area contributed by atoms with E-state index in [2.05, 4.69) is 5.32 Å². The van der Waals surface area contributed by atoms with Gasteiger partial charge in [-0.25, -0.2) is 4.79 Å². The average Bonchev–Trinajstić information content (AvgIpc) is 3.16. The Bertz CT molecular complexity index is 1200. The van der Waals surface area contributed by atoms with Crippen molar-refractivity contribution in [2.75, 3.05) is 158 Å². The number of methoxy groups -OCH3 is 1. The van der Waals surface area contributed by atoms with Crippen molar-refractivity contribution < 1.29 is 74.8 Å². The van der Waals surface area contributed by atoms with Crippen LogP contribution in [-0.2, 0) is 63.0 Å². The lowest BCUT2D eigenvalue weighted by molar-refractivity contribution is -0.137. The molecule has 0 aliphatic rings. The fourth-order valence-corrected chi connectivity index (χ4v) is 4.19. The maximum absolute atomic E-state index is 13.0. The van der Waals surface area contributed by atoms with Crippen LogP contribution in [0.1, 0.15) is 15.9 Å². The van der Waals surface area contributed by atoms with Gasteiger partial charge in [0.2, 0.25) is 0 Å². The van der Waals surface area contributed by atoms with Crippen molar-refractivity contribution in [3.8, 4) is 0 Å². The minimum Gasteiger partial charge on any atom is -0.460 e. The molecule has 0 aromatic heterocycles. The van der Waals surface area contributed by atoms with E-state index >= 15 is 0 Å². The summed E-state index contributed by atoms with van der Waals surface area (Å²) >= 11 is 0. The predicted molar refractivity (Wildman–Crippen MR) is 192 cm³/mol. The number of halogens is 3. The number of carbonyl (C=O) groups is 1. The van der Waals surface area contributed by atoms with Gasteiger partial charge in [-0.15, -0.1) is 0 Å². The van der Waals surface area contributed by atoms with Crippen LogP contribution in [0.3, 0.4) is 0 Å². The van der Waals surface area contributed by atoms with Crippen LogP contribution in [0.25, 0.3) is 0 Å². The van der Waals surface area contributed by atoms with E-state index in [1.807, 2.05) is 0 Å². The minimum absolute atomic E-state index is 0.00269. The maximum Gasteiger partial charge on any atom is 0.416 e. The second-order valence-electron chi connectivity index (χ2n) is 11.0. The highest BCUT2D eigenvalue weighted by molar-refractivity contribution is 5.96. The molecule has 0 aliphatic carbocycles. The molecule has 308 valence electrons. The van der Waals surface area contributed by atoms with Crippen LogP contribution in [0, 0.1) is 0 Å². The summed E-state index contributed by atoms with van der Waals surface area (Å²) < 4.78 is 104. The molecular formula is C37H56F3NO13. The summed E-state index contributed by atoms with van der Waals surface area (Å²) in [6.07, 6.45) is -4.48. The molecule has 0 heterocycles. The Hall–Kier alpha value is -2.94. The van der Waals surface area contributed by atoms with Gasteiger partial charge in [0.1, 0.15) is 6.61 Å². The Morgan fingerprint density at radius 3 is 1.26 bits per heavy atom. The molecule has 1 N–H and O–H groups in total. The van der Waals surface area contributed by atoms with Crippen LogP contribution in [0.5, 0.6) is 0 Å². The number of rotatable bonds is 36. The summed E-state index contributed by atoms with van der Waals surface area (Å²) in [5, 5.41) is 2.86. The van der Waals surface area contributed by atoms with Gasteiger partial charge in [0.15, 0.2) is 0 Å². The lowest BCUT2D eigenvalue weighted by atomic mass is 10.1. The Morgan fingerprint density at radius 1 is 0.500 bits per heavy atom. The number of anilines is 2. The van der Waals surface area contributed by atoms with Crippen LogP contribution in [0.4, 0.5) is 24.5 Å². The first-order valence-electron chi connectivity index (χ1n) is 17.9. The van der Waals surface area contributed by atoms with E-state index < -0.39 is 17.7 Å². The van der Waals surface area contributed by atoms with E-state index in [0.717, 1.165) is 12.1 Å². The van der Waals surface area contributed by atoms with Gasteiger partial charge < -0.3 is 62.2 Å². The second-order valence-corrected chi connectivity index (χ2v) is 11.0. The second kappa shape index (κ2) is 32.3. The lowest BCUT2D eigenvalue weighted by Gasteiger charge is -2.13. The molecule has 2 aromatic rings. The zero-order chi connectivity index (χ0) is 38.8. The molecule has 2 aromatic carbocycles.